The first-order valence-electron chi connectivity index (χ1n) is 10.9. The Labute approximate surface area is 190 Å². The lowest BCUT2D eigenvalue weighted by molar-refractivity contribution is 0.313. The zero-order valence-corrected chi connectivity index (χ0v) is 18.7. The highest BCUT2D eigenvalue weighted by Gasteiger charge is 2.15. The molecule has 0 spiro atoms. The number of hydrogen-bond acceptors (Lipinski definition) is 6. The van der Waals surface area contributed by atoms with E-state index in [0.29, 0.717) is 0 Å². The molecule has 1 N–H and O–H groups in total. The first-order valence-corrected chi connectivity index (χ1v) is 11.7. The van der Waals surface area contributed by atoms with Crippen LogP contribution in [-0.2, 0) is 0 Å². The van der Waals surface area contributed by atoms with Crippen molar-refractivity contribution in [3.8, 4) is 10.6 Å². The highest BCUT2D eigenvalue weighted by molar-refractivity contribution is 7.22. The minimum absolute atomic E-state index is 0.799. The zero-order chi connectivity index (χ0) is 21.5. The lowest BCUT2D eigenvalue weighted by Gasteiger charge is -2.34. The molecule has 0 atom stereocenters. The summed E-state index contributed by atoms with van der Waals surface area (Å²) >= 11 is 1.77. The minimum Gasteiger partial charge on any atom is -0.369 e. The van der Waals surface area contributed by atoms with Gasteiger partial charge in [-0.3, -0.25) is 0 Å². The van der Waals surface area contributed by atoms with Gasteiger partial charge in [-0.25, -0.2) is 9.50 Å². The number of imidazole rings is 1. The Morgan fingerprint density at radius 1 is 0.906 bits per heavy atom. The molecule has 0 radical (unpaired) electrons. The van der Waals surface area contributed by atoms with Gasteiger partial charge < -0.3 is 15.1 Å². The maximum atomic E-state index is 4.86. The van der Waals surface area contributed by atoms with Crippen molar-refractivity contribution in [2.75, 3.05) is 43.4 Å². The van der Waals surface area contributed by atoms with Crippen LogP contribution in [0.1, 0.15) is 0 Å². The highest BCUT2D eigenvalue weighted by atomic mass is 32.1. The van der Waals surface area contributed by atoms with E-state index in [0.717, 1.165) is 49.0 Å². The Bertz CT molecular complexity index is 1360. The number of nitrogens with one attached hydrogen (secondary N) is 1. The second-order valence-electron chi connectivity index (χ2n) is 8.25. The van der Waals surface area contributed by atoms with Gasteiger partial charge >= 0.3 is 0 Å². The standard InChI is InChI=1S/C25H24N6S/c1-29-11-13-30(14-12-29)20-7-4-6-19(16-20)27-24-9-10-25-26-17-21(31(25)28-24)23-15-18-5-2-3-8-22(18)32-23/h2-10,15-17H,11-14H2,1H3,(H,27,28). The van der Waals surface area contributed by atoms with Gasteiger partial charge in [-0.1, -0.05) is 24.3 Å². The molecule has 0 unspecified atom stereocenters. The predicted molar refractivity (Wildman–Crippen MR) is 133 cm³/mol. The Kier molecular flexibility index (Phi) is 4.78. The largest absolute Gasteiger partial charge is 0.369 e. The second kappa shape index (κ2) is 7.93. The molecule has 6 nitrogen and oxygen atoms in total. The van der Waals surface area contributed by atoms with Crippen LogP contribution in [0.2, 0.25) is 0 Å². The lowest BCUT2D eigenvalue weighted by atomic mass is 10.2. The van der Waals surface area contributed by atoms with E-state index in [4.69, 9.17) is 5.10 Å². The summed E-state index contributed by atoms with van der Waals surface area (Å²) in [4.78, 5) is 10.5. The second-order valence-corrected chi connectivity index (χ2v) is 9.33. The van der Waals surface area contributed by atoms with Crippen LogP contribution >= 0.6 is 11.3 Å². The monoisotopic (exact) mass is 440 g/mol. The zero-order valence-electron chi connectivity index (χ0n) is 17.9. The molecule has 2 aromatic carbocycles. The average molecular weight is 441 g/mol. The van der Waals surface area contributed by atoms with E-state index in [-0.39, 0.29) is 0 Å². The van der Waals surface area contributed by atoms with Gasteiger partial charge in [0.15, 0.2) is 11.5 Å². The summed E-state index contributed by atoms with van der Waals surface area (Å²) in [6, 6.07) is 23.2. The Hall–Kier alpha value is -3.42. The summed E-state index contributed by atoms with van der Waals surface area (Å²) in [5.74, 6) is 0.799. The number of aromatic nitrogens is 3. The van der Waals surface area contributed by atoms with Crippen molar-refractivity contribution in [2.24, 2.45) is 0 Å². The topological polar surface area (TPSA) is 48.7 Å². The van der Waals surface area contributed by atoms with Crippen molar-refractivity contribution in [1.82, 2.24) is 19.5 Å². The van der Waals surface area contributed by atoms with Gasteiger partial charge in [0.1, 0.15) is 5.69 Å². The van der Waals surface area contributed by atoms with Crippen LogP contribution < -0.4 is 10.2 Å². The number of thiophene rings is 1. The number of fused-ring (bicyclic) bond motifs is 2. The molecular formula is C25H24N6S. The summed E-state index contributed by atoms with van der Waals surface area (Å²) in [5, 5.41) is 9.59. The van der Waals surface area contributed by atoms with E-state index < -0.39 is 0 Å². The van der Waals surface area contributed by atoms with E-state index in [1.165, 1.54) is 20.7 Å². The first kappa shape index (κ1) is 19.3. The van der Waals surface area contributed by atoms with Crippen LogP contribution in [0, 0.1) is 0 Å². The van der Waals surface area contributed by atoms with Crippen LogP contribution in [0.15, 0.2) is 72.9 Å². The third kappa shape index (κ3) is 3.59. The summed E-state index contributed by atoms with van der Waals surface area (Å²) in [5.41, 5.74) is 4.14. The molecule has 0 saturated carbocycles. The van der Waals surface area contributed by atoms with Gasteiger partial charge in [-0.15, -0.1) is 16.4 Å². The van der Waals surface area contributed by atoms with E-state index in [1.54, 1.807) is 11.3 Å². The van der Waals surface area contributed by atoms with Gasteiger partial charge in [0, 0.05) is 42.3 Å². The lowest BCUT2D eigenvalue weighted by Crippen LogP contribution is -2.44. The van der Waals surface area contributed by atoms with Crippen LogP contribution in [0.25, 0.3) is 26.3 Å². The maximum Gasteiger partial charge on any atom is 0.154 e. The van der Waals surface area contributed by atoms with Gasteiger partial charge in [-0.05, 0) is 54.9 Å². The average Bonchev–Trinajstić information content (AvgIpc) is 3.43. The molecule has 4 heterocycles. The summed E-state index contributed by atoms with van der Waals surface area (Å²) in [6.07, 6.45) is 1.91. The fourth-order valence-corrected chi connectivity index (χ4v) is 5.27. The maximum absolute atomic E-state index is 4.86. The molecule has 0 amide bonds. The Balaban J connectivity index is 1.30. The van der Waals surface area contributed by atoms with Crippen molar-refractivity contribution in [1.29, 1.82) is 0 Å². The molecular weight excluding hydrogens is 416 g/mol. The molecule has 6 rings (SSSR count). The van der Waals surface area contributed by atoms with Gasteiger partial charge in [0.25, 0.3) is 0 Å². The molecule has 1 fully saturated rings. The molecule has 1 aliphatic heterocycles. The molecule has 160 valence electrons. The molecule has 5 aromatic rings. The number of nitrogens with zero attached hydrogens (tertiary/aromatic N) is 5. The molecule has 7 heteroatoms. The van der Waals surface area contributed by atoms with Crippen molar-refractivity contribution in [3.63, 3.8) is 0 Å². The smallest absolute Gasteiger partial charge is 0.154 e. The molecule has 3 aromatic heterocycles. The van der Waals surface area contributed by atoms with Crippen molar-refractivity contribution in [2.45, 2.75) is 0 Å². The quantitative estimate of drug-likeness (QED) is 0.421. The highest BCUT2D eigenvalue weighted by Crippen LogP contribution is 2.33. The van der Waals surface area contributed by atoms with Crippen molar-refractivity contribution < 1.29 is 0 Å². The number of hydrogen-bond donors (Lipinski definition) is 1. The van der Waals surface area contributed by atoms with E-state index in [9.17, 15) is 0 Å². The third-order valence-electron chi connectivity index (χ3n) is 6.03. The minimum atomic E-state index is 0.799. The Morgan fingerprint density at radius 3 is 2.66 bits per heavy atom. The number of likely N-dealkylation sites (N-methyl/N-ethyl adjacent to an activating group) is 1. The van der Waals surface area contributed by atoms with Crippen LogP contribution in [0.3, 0.4) is 0 Å². The van der Waals surface area contributed by atoms with Crippen molar-refractivity contribution >= 4 is 44.3 Å². The third-order valence-corrected chi connectivity index (χ3v) is 7.17. The number of anilines is 3. The predicted octanol–water partition coefficient (Wildman–Crippen LogP) is 5.11. The molecule has 0 aliphatic carbocycles. The molecule has 1 aliphatic rings. The normalized spacial score (nSPS) is 15.0. The van der Waals surface area contributed by atoms with Crippen LogP contribution in [0.4, 0.5) is 17.2 Å². The Morgan fingerprint density at radius 2 is 1.78 bits per heavy atom. The number of benzene rings is 2. The van der Waals surface area contributed by atoms with E-state index >= 15 is 0 Å². The van der Waals surface area contributed by atoms with Crippen LogP contribution in [-0.4, -0.2) is 52.7 Å². The number of piperazine rings is 1. The fraction of sp³-hybridized carbons (Fsp3) is 0.200. The summed E-state index contributed by atoms with van der Waals surface area (Å²) < 4.78 is 3.20. The van der Waals surface area contributed by atoms with E-state index in [1.807, 2.05) is 22.8 Å². The molecule has 32 heavy (non-hydrogen) atoms. The summed E-state index contributed by atoms with van der Waals surface area (Å²) in [7, 11) is 2.18. The van der Waals surface area contributed by atoms with Gasteiger partial charge in [-0.2, -0.15) is 0 Å². The van der Waals surface area contributed by atoms with E-state index in [2.05, 4.69) is 81.7 Å². The SMILES string of the molecule is CN1CCN(c2cccc(Nc3ccc4ncc(-c5cc6ccccc6s5)n4n3)c2)CC1. The first-order chi connectivity index (χ1) is 15.7. The number of rotatable bonds is 4. The molecule has 0 bridgehead atoms. The van der Waals surface area contributed by atoms with Crippen molar-refractivity contribution in [3.05, 3.63) is 72.9 Å². The molecule has 1 saturated heterocycles. The summed E-state index contributed by atoms with van der Waals surface area (Å²) in [6.45, 7) is 4.30. The van der Waals surface area contributed by atoms with Gasteiger partial charge in [0.2, 0.25) is 0 Å². The van der Waals surface area contributed by atoms with Crippen LogP contribution in [0.5, 0.6) is 0 Å². The van der Waals surface area contributed by atoms with Gasteiger partial charge in [0.05, 0.1) is 11.1 Å². The fourth-order valence-electron chi connectivity index (χ4n) is 4.21.